The Balaban J connectivity index is 2.07. The number of carboxylic acid groups (broad SMARTS) is 2. The van der Waals surface area contributed by atoms with E-state index >= 15 is 0 Å². The number of nitrogens with one attached hydrogen (secondary N) is 2. The first-order valence-electron chi connectivity index (χ1n) is 11.7. The van der Waals surface area contributed by atoms with Crippen molar-refractivity contribution >= 4 is 23.7 Å². The summed E-state index contributed by atoms with van der Waals surface area (Å²) in [6, 6.07) is 7.20. The molecule has 1 saturated heterocycles. The molecule has 3 atom stereocenters. The topological polar surface area (TPSA) is 181 Å². The van der Waals surface area contributed by atoms with E-state index in [0.29, 0.717) is 38.2 Å². The van der Waals surface area contributed by atoms with Crippen LogP contribution >= 0.6 is 0 Å². The maximum atomic E-state index is 13.4. The average molecular weight is 487 g/mol. The minimum Gasteiger partial charge on any atom is -0.480 e. The lowest BCUT2D eigenvalue weighted by Crippen LogP contribution is -2.64. The largest absolute Gasteiger partial charge is 0.480 e. The molecule has 1 heterocycles. The van der Waals surface area contributed by atoms with E-state index < -0.39 is 35.3 Å². The zero-order chi connectivity index (χ0) is 25.8. The molecule has 0 radical (unpaired) electrons. The fourth-order valence-electron chi connectivity index (χ4n) is 4.59. The number of guanidine groups is 1. The Kier molecular flexibility index (Phi) is 10.6. The minimum atomic E-state index is -1.95. The summed E-state index contributed by atoms with van der Waals surface area (Å²) in [5, 5.41) is 34.4. The van der Waals surface area contributed by atoms with Crippen molar-refractivity contribution in [3.8, 4) is 6.19 Å². The van der Waals surface area contributed by atoms with Crippen molar-refractivity contribution in [1.82, 2.24) is 15.5 Å². The van der Waals surface area contributed by atoms with Gasteiger partial charge in [0, 0.05) is 20.1 Å². The molecule has 0 bridgehead atoms. The number of carbonyl (C=O) groups is 3. The second-order valence-electron chi connectivity index (χ2n) is 8.54. The Labute approximate surface area is 205 Å². The first-order chi connectivity index (χ1) is 16.8. The van der Waals surface area contributed by atoms with Gasteiger partial charge in [-0.2, -0.15) is 5.26 Å². The molecule has 11 heteroatoms. The van der Waals surface area contributed by atoms with Crippen LogP contribution in [0, 0.1) is 11.5 Å². The second-order valence-corrected chi connectivity index (χ2v) is 8.54. The van der Waals surface area contributed by atoms with Crippen molar-refractivity contribution in [2.75, 3.05) is 20.1 Å². The lowest BCUT2D eigenvalue weighted by atomic mass is 9.84. The van der Waals surface area contributed by atoms with Gasteiger partial charge in [-0.3, -0.25) is 14.5 Å². The number of unbranched alkanes of at least 4 members (excludes halogenated alkanes) is 1. The average Bonchev–Trinajstić information content (AvgIpc) is 3.29. The van der Waals surface area contributed by atoms with E-state index in [4.69, 9.17) is 11.0 Å². The highest BCUT2D eigenvalue weighted by Crippen LogP contribution is 2.35. The fraction of sp³-hybridized carbons (Fsp3) is 0.542. The molecule has 1 aliphatic rings. The number of hydrogen-bond acceptors (Lipinski definition) is 7. The van der Waals surface area contributed by atoms with Crippen LogP contribution in [0.25, 0.3) is 0 Å². The number of carboxylic acids is 2. The van der Waals surface area contributed by atoms with Gasteiger partial charge >= 0.3 is 11.9 Å². The Morgan fingerprint density at radius 1 is 1.23 bits per heavy atom. The number of ketones is 1. The molecule has 2 rings (SSSR count). The third-order valence-corrected chi connectivity index (χ3v) is 6.37. The Morgan fingerprint density at radius 3 is 2.54 bits per heavy atom. The number of aryl methyl sites for hydroxylation is 1. The van der Waals surface area contributed by atoms with Crippen molar-refractivity contribution in [1.29, 1.82) is 5.26 Å². The number of carbonyl (C=O) groups excluding carboxylic acids is 1. The molecule has 1 aromatic rings. The van der Waals surface area contributed by atoms with Gasteiger partial charge < -0.3 is 26.6 Å². The highest BCUT2D eigenvalue weighted by atomic mass is 16.4. The molecule has 0 amide bonds. The van der Waals surface area contributed by atoms with Crippen LogP contribution in [-0.2, 0) is 20.8 Å². The lowest BCUT2D eigenvalue weighted by Gasteiger charge is -2.38. The highest BCUT2D eigenvalue weighted by Gasteiger charge is 2.57. The molecule has 35 heavy (non-hydrogen) atoms. The molecule has 0 aliphatic carbocycles. The van der Waals surface area contributed by atoms with Gasteiger partial charge in [0.2, 0.25) is 12.2 Å². The van der Waals surface area contributed by atoms with Gasteiger partial charge in [-0.15, -0.1) is 4.99 Å². The van der Waals surface area contributed by atoms with Crippen molar-refractivity contribution in [3.63, 3.8) is 0 Å². The molecule has 6 N–H and O–H groups in total. The lowest BCUT2D eigenvalue weighted by molar-refractivity contribution is -0.161. The third-order valence-electron chi connectivity index (χ3n) is 6.37. The molecule has 1 aromatic carbocycles. The SMILES string of the molecule is CN/C(=N/C#N)NCCCC[C@H](N)C(=O)[C@@]1(C(=O)O)CCCN1C(CCc1ccccc1)C(=O)O. The van der Waals surface area contributed by atoms with E-state index in [1.54, 1.807) is 13.2 Å². The van der Waals surface area contributed by atoms with Crippen molar-refractivity contribution in [2.45, 2.75) is 62.6 Å². The van der Waals surface area contributed by atoms with E-state index in [-0.39, 0.29) is 25.8 Å². The Morgan fingerprint density at radius 2 is 1.94 bits per heavy atom. The zero-order valence-electron chi connectivity index (χ0n) is 19.9. The minimum absolute atomic E-state index is 0.0295. The summed E-state index contributed by atoms with van der Waals surface area (Å²) in [6.45, 7) is 0.685. The number of Topliss-reactive ketones (excluding diaryl/α,β-unsaturated/α-hetero) is 1. The summed E-state index contributed by atoms with van der Waals surface area (Å²) < 4.78 is 0. The molecule has 0 aromatic heterocycles. The molecule has 0 spiro atoms. The normalized spacial score (nSPS) is 20.0. The first-order valence-corrected chi connectivity index (χ1v) is 11.7. The third kappa shape index (κ3) is 7.00. The number of nitrogens with zero attached hydrogens (tertiary/aromatic N) is 3. The van der Waals surface area contributed by atoms with Gasteiger partial charge in [-0.05, 0) is 50.5 Å². The summed E-state index contributed by atoms with van der Waals surface area (Å²) >= 11 is 0. The summed E-state index contributed by atoms with van der Waals surface area (Å²) in [4.78, 5) is 42.9. The standard InChI is InChI=1S/C24H34N6O5/c1-27-23(29-16-25)28-14-6-5-10-18(26)20(31)24(22(34)35)13-7-15-30(24)19(21(32)33)12-11-17-8-3-2-4-9-17/h2-4,8-9,18-19H,5-7,10-15,26H2,1H3,(H,32,33)(H,34,35)(H2,27,28,29)/t18-,19?,24+/m0/s1. The van der Waals surface area contributed by atoms with E-state index in [1.165, 1.54) is 4.90 Å². The van der Waals surface area contributed by atoms with E-state index in [1.807, 2.05) is 30.3 Å². The number of nitrogens with two attached hydrogens (primary N) is 1. The molecular formula is C24H34N6O5. The summed E-state index contributed by atoms with van der Waals surface area (Å²) in [5.41, 5.74) is 5.15. The number of nitriles is 1. The summed E-state index contributed by atoms with van der Waals surface area (Å²) in [6.07, 6.45) is 4.14. The molecular weight excluding hydrogens is 452 g/mol. The van der Waals surface area contributed by atoms with E-state index in [9.17, 15) is 24.6 Å². The van der Waals surface area contributed by atoms with Gasteiger partial charge in [-0.25, -0.2) is 4.79 Å². The molecule has 190 valence electrons. The Bertz CT molecular complexity index is 947. The quantitative estimate of drug-likeness (QED) is 0.0875. The van der Waals surface area contributed by atoms with Crippen LogP contribution in [0.1, 0.15) is 44.1 Å². The molecule has 1 unspecified atom stereocenters. The Hall–Kier alpha value is -3.49. The number of benzene rings is 1. The van der Waals surface area contributed by atoms with Gasteiger partial charge in [0.05, 0.1) is 6.04 Å². The maximum Gasteiger partial charge on any atom is 0.332 e. The highest BCUT2D eigenvalue weighted by molar-refractivity contribution is 6.10. The summed E-state index contributed by atoms with van der Waals surface area (Å²) in [7, 11) is 1.63. The fourth-order valence-corrected chi connectivity index (χ4v) is 4.59. The monoisotopic (exact) mass is 486 g/mol. The second kappa shape index (κ2) is 13.4. The van der Waals surface area contributed by atoms with Crippen LogP contribution in [-0.4, -0.2) is 76.6 Å². The number of aliphatic carboxylic acids is 2. The predicted octanol–water partition coefficient (Wildman–Crippen LogP) is 0.704. The number of hydrogen-bond donors (Lipinski definition) is 5. The van der Waals surface area contributed by atoms with E-state index in [0.717, 1.165) is 5.56 Å². The van der Waals surface area contributed by atoms with E-state index in [2.05, 4.69) is 15.6 Å². The predicted molar refractivity (Wildman–Crippen MR) is 129 cm³/mol. The van der Waals surface area contributed by atoms with Gasteiger partial charge in [0.25, 0.3) is 0 Å². The van der Waals surface area contributed by atoms with Crippen LogP contribution in [0.2, 0.25) is 0 Å². The molecule has 11 nitrogen and oxygen atoms in total. The first kappa shape index (κ1) is 27.8. The van der Waals surface area contributed by atoms with Gasteiger partial charge in [0.1, 0.15) is 6.04 Å². The van der Waals surface area contributed by atoms with Crippen LogP contribution in [0.3, 0.4) is 0 Å². The van der Waals surface area contributed by atoms with Crippen LogP contribution < -0.4 is 16.4 Å². The van der Waals surface area contributed by atoms with Crippen molar-refractivity contribution in [3.05, 3.63) is 35.9 Å². The molecule has 1 aliphatic heterocycles. The maximum absolute atomic E-state index is 13.4. The van der Waals surface area contributed by atoms with Gasteiger partial charge in [-0.1, -0.05) is 30.3 Å². The number of likely N-dealkylation sites (tertiary alicyclic amines) is 1. The van der Waals surface area contributed by atoms with Gasteiger partial charge in [0.15, 0.2) is 11.3 Å². The van der Waals surface area contributed by atoms with Crippen molar-refractivity contribution in [2.24, 2.45) is 10.7 Å². The number of aliphatic imine (C=N–C) groups is 1. The van der Waals surface area contributed by atoms with Crippen LogP contribution in [0.4, 0.5) is 0 Å². The summed E-state index contributed by atoms with van der Waals surface area (Å²) in [5.74, 6) is -2.83. The zero-order valence-corrected chi connectivity index (χ0v) is 19.9. The molecule has 0 saturated carbocycles. The van der Waals surface area contributed by atoms with Crippen LogP contribution in [0.15, 0.2) is 35.3 Å². The van der Waals surface area contributed by atoms with Crippen LogP contribution in [0.5, 0.6) is 0 Å². The smallest absolute Gasteiger partial charge is 0.332 e. The number of rotatable bonds is 13. The molecule has 1 fully saturated rings. The van der Waals surface area contributed by atoms with Crippen molar-refractivity contribution < 1.29 is 24.6 Å².